The van der Waals surface area contributed by atoms with Gasteiger partial charge in [0.15, 0.2) is 0 Å². The first-order chi connectivity index (χ1) is 10.1. The summed E-state index contributed by atoms with van der Waals surface area (Å²) in [6.07, 6.45) is 10.00. The van der Waals surface area contributed by atoms with Gasteiger partial charge in [0, 0.05) is 26.1 Å². The zero-order valence-electron chi connectivity index (χ0n) is 12.6. The third-order valence-corrected chi connectivity index (χ3v) is 4.45. The summed E-state index contributed by atoms with van der Waals surface area (Å²) in [5.41, 5.74) is 1.47. The molecule has 1 unspecified atom stereocenters. The third-order valence-electron chi connectivity index (χ3n) is 4.45. The summed E-state index contributed by atoms with van der Waals surface area (Å²) in [5.74, 6) is -0.411. The summed E-state index contributed by atoms with van der Waals surface area (Å²) in [6, 6.07) is 0.00392. The predicted octanol–water partition coefficient (Wildman–Crippen LogP) is 2.77. The van der Waals surface area contributed by atoms with Gasteiger partial charge in [0.05, 0.1) is 0 Å². The highest BCUT2D eigenvalue weighted by molar-refractivity contribution is 5.74. The van der Waals surface area contributed by atoms with Crippen molar-refractivity contribution in [2.75, 3.05) is 19.6 Å². The molecule has 0 saturated carbocycles. The summed E-state index contributed by atoms with van der Waals surface area (Å²) >= 11 is 0. The molecular weight excluding hydrogens is 268 g/mol. The monoisotopic (exact) mass is 294 g/mol. The van der Waals surface area contributed by atoms with Gasteiger partial charge in [-0.1, -0.05) is 11.6 Å². The molecule has 118 valence electrons. The van der Waals surface area contributed by atoms with Crippen LogP contribution in [0, 0.1) is 5.92 Å². The van der Waals surface area contributed by atoms with Gasteiger partial charge in [-0.2, -0.15) is 0 Å². The first-order valence-corrected chi connectivity index (χ1v) is 8.07. The molecular formula is C16H26N2O3. The van der Waals surface area contributed by atoms with Crippen LogP contribution in [0.3, 0.4) is 0 Å². The van der Waals surface area contributed by atoms with Crippen LogP contribution in [0.2, 0.25) is 0 Å². The van der Waals surface area contributed by atoms with Crippen LogP contribution >= 0.6 is 0 Å². The lowest BCUT2D eigenvalue weighted by atomic mass is 9.97. The molecule has 0 aromatic heterocycles. The minimum atomic E-state index is -0.751. The minimum absolute atomic E-state index is 0.00392. The van der Waals surface area contributed by atoms with E-state index in [4.69, 9.17) is 5.11 Å². The van der Waals surface area contributed by atoms with Crippen LogP contribution in [0.4, 0.5) is 4.79 Å². The van der Waals surface area contributed by atoms with Crippen molar-refractivity contribution in [1.82, 2.24) is 10.2 Å². The van der Waals surface area contributed by atoms with Crippen molar-refractivity contribution >= 4 is 12.0 Å². The molecule has 1 fully saturated rings. The number of carbonyl (C=O) groups is 2. The summed E-state index contributed by atoms with van der Waals surface area (Å²) in [4.78, 5) is 24.4. The second-order valence-corrected chi connectivity index (χ2v) is 6.12. The van der Waals surface area contributed by atoms with Gasteiger partial charge in [-0.05, 0) is 50.9 Å². The molecule has 2 aliphatic rings. The molecule has 0 aromatic rings. The number of nitrogens with one attached hydrogen (secondary N) is 1. The van der Waals surface area contributed by atoms with Crippen molar-refractivity contribution in [1.29, 1.82) is 0 Å². The fourth-order valence-corrected chi connectivity index (χ4v) is 3.15. The molecule has 2 amide bonds. The SMILES string of the molecule is O=C(O)CCC1CCN(C(=O)NCCC2=CCCCC2)C1. The van der Waals surface area contributed by atoms with E-state index < -0.39 is 5.97 Å². The Bertz CT molecular complexity index is 406. The number of hydrogen-bond acceptors (Lipinski definition) is 2. The molecule has 21 heavy (non-hydrogen) atoms. The number of carbonyl (C=O) groups excluding carboxylic acids is 1. The minimum Gasteiger partial charge on any atom is -0.481 e. The topological polar surface area (TPSA) is 69.6 Å². The smallest absolute Gasteiger partial charge is 0.317 e. The van der Waals surface area contributed by atoms with Gasteiger partial charge in [0.25, 0.3) is 0 Å². The van der Waals surface area contributed by atoms with Crippen LogP contribution in [0.1, 0.15) is 51.4 Å². The summed E-state index contributed by atoms with van der Waals surface area (Å²) in [7, 11) is 0. The Balaban J connectivity index is 1.62. The first-order valence-electron chi connectivity index (χ1n) is 8.07. The van der Waals surface area contributed by atoms with Gasteiger partial charge in [-0.15, -0.1) is 0 Å². The maximum Gasteiger partial charge on any atom is 0.317 e. The van der Waals surface area contributed by atoms with Gasteiger partial charge >= 0.3 is 12.0 Å². The Labute approximate surface area is 126 Å². The van der Waals surface area contributed by atoms with E-state index >= 15 is 0 Å². The fraction of sp³-hybridized carbons (Fsp3) is 0.750. The molecule has 0 radical (unpaired) electrons. The highest BCUT2D eigenvalue weighted by Crippen LogP contribution is 2.21. The zero-order chi connectivity index (χ0) is 15.1. The summed E-state index contributed by atoms with van der Waals surface area (Å²) < 4.78 is 0. The quantitative estimate of drug-likeness (QED) is 0.740. The lowest BCUT2D eigenvalue weighted by Crippen LogP contribution is -2.39. The van der Waals surface area contributed by atoms with Crippen LogP contribution < -0.4 is 5.32 Å². The van der Waals surface area contributed by atoms with Crippen molar-refractivity contribution < 1.29 is 14.7 Å². The maximum atomic E-state index is 12.0. The number of urea groups is 1. The Hall–Kier alpha value is -1.52. The molecule has 1 aliphatic heterocycles. The van der Waals surface area contributed by atoms with Crippen LogP contribution in [-0.4, -0.2) is 41.6 Å². The molecule has 1 heterocycles. The summed E-state index contributed by atoms with van der Waals surface area (Å²) in [6.45, 7) is 2.15. The molecule has 0 aromatic carbocycles. The Kier molecular flexibility index (Phi) is 6.08. The largest absolute Gasteiger partial charge is 0.481 e. The number of carboxylic acids is 1. The van der Waals surface area contributed by atoms with Crippen LogP contribution in [0.5, 0.6) is 0 Å². The average molecular weight is 294 g/mol. The molecule has 5 heteroatoms. The Morgan fingerprint density at radius 3 is 2.95 bits per heavy atom. The second-order valence-electron chi connectivity index (χ2n) is 6.12. The maximum absolute atomic E-state index is 12.0. The lowest BCUT2D eigenvalue weighted by Gasteiger charge is -2.18. The predicted molar refractivity (Wildman–Crippen MR) is 81.1 cm³/mol. The van der Waals surface area contributed by atoms with Crippen LogP contribution in [0.25, 0.3) is 0 Å². The van der Waals surface area contributed by atoms with E-state index in [0.717, 1.165) is 19.4 Å². The van der Waals surface area contributed by atoms with Gasteiger partial charge < -0.3 is 15.3 Å². The molecule has 1 atom stereocenters. The average Bonchev–Trinajstić information content (AvgIpc) is 2.95. The van der Waals surface area contributed by atoms with Crippen molar-refractivity contribution in [3.63, 3.8) is 0 Å². The number of rotatable bonds is 6. The summed E-state index contributed by atoms with van der Waals surface area (Å²) in [5, 5.41) is 11.7. The molecule has 1 saturated heterocycles. The van der Waals surface area contributed by atoms with E-state index in [9.17, 15) is 9.59 Å². The van der Waals surface area contributed by atoms with Crippen LogP contribution in [0.15, 0.2) is 11.6 Å². The number of carboxylic acid groups (broad SMARTS) is 1. The fourth-order valence-electron chi connectivity index (χ4n) is 3.15. The van der Waals surface area contributed by atoms with Gasteiger partial charge in [0.1, 0.15) is 0 Å². The van der Waals surface area contributed by atoms with E-state index in [2.05, 4.69) is 11.4 Å². The van der Waals surface area contributed by atoms with Crippen molar-refractivity contribution in [3.05, 3.63) is 11.6 Å². The normalized spacial score (nSPS) is 22.0. The van der Waals surface area contributed by atoms with Gasteiger partial charge in [0.2, 0.25) is 0 Å². The highest BCUT2D eigenvalue weighted by Gasteiger charge is 2.26. The van der Waals surface area contributed by atoms with Gasteiger partial charge in [-0.25, -0.2) is 4.79 Å². The highest BCUT2D eigenvalue weighted by atomic mass is 16.4. The van der Waals surface area contributed by atoms with E-state index in [1.165, 1.54) is 31.3 Å². The van der Waals surface area contributed by atoms with Crippen molar-refractivity contribution in [2.45, 2.75) is 51.4 Å². The second kappa shape index (κ2) is 8.05. The number of nitrogens with zero attached hydrogens (tertiary/aromatic N) is 1. The van der Waals surface area contributed by atoms with E-state index in [0.29, 0.717) is 25.4 Å². The Morgan fingerprint density at radius 1 is 1.38 bits per heavy atom. The molecule has 0 bridgehead atoms. The standard InChI is InChI=1S/C16H26N2O3/c19-15(20)7-6-14-9-11-18(12-14)16(21)17-10-8-13-4-2-1-3-5-13/h4,14H,1-3,5-12H2,(H,17,21)(H,19,20). The third kappa shape index (κ3) is 5.40. The zero-order valence-corrected chi connectivity index (χ0v) is 12.6. The van der Waals surface area contributed by atoms with E-state index in [1.54, 1.807) is 0 Å². The molecule has 5 nitrogen and oxygen atoms in total. The molecule has 2 N–H and O–H groups in total. The van der Waals surface area contributed by atoms with Gasteiger partial charge in [-0.3, -0.25) is 4.79 Å². The molecule has 0 spiro atoms. The van der Waals surface area contributed by atoms with E-state index in [-0.39, 0.29) is 12.5 Å². The number of aliphatic carboxylic acids is 1. The molecule has 1 aliphatic carbocycles. The number of likely N-dealkylation sites (tertiary alicyclic amines) is 1. The Morgan fingerprint density at radius 2 is 2.24 bits per heavy atom. The number of amides is 2. The first kappa shape index (κ1) is 15.9. The number of hydrogen-bond donors (Lipinski definition) is 2. The lowest BCUT2D eigenvalue weighted by molar-refractivity contribution is -0.137. The van der Waals surface area contributed by atoms with Crippen molar-refractivity contribution in [3.8, 4) is 0 Å². The van der Waals surface area contributed by atoms with E-state index in [1.807, 2.05) is 4.90 Å². The van der Waals surface area contributed by atoms with Crippen LogP contribution in [-0.2, 0) is 4.79 Å². The van der Waals surface area contributed by atoms with Crippen molar-refractivity contribution in [2.24, 2.45) is 5.92 Å². The molecule has 2 rings (SSSR count). The number of allylic oxidation sites excluding steroid dienone is 1.